The second-order valence-electron chi connectivity index (χ2n) is 5.30. The normalized spacial score (nSPS) is 11.0. The molecule has 0 atom stereocenters. The van der Waals surface area contributed by atoms with Gasteiger partial charge in [0.2, 0.25) is 5.75 Å². The summed E-state index contributed by atoms with van der Waals surface area (Å²) in [7, 11) is 4.68. The third-order valence-corrected chi connectivity index (χ3v) is 4.91. The summed E-state index contributed by atoms with van der Waals surface area (Å²) in [5.41, 5.74) is 0.795. The van der Waals surface area contributed by atoms with E-state index in [1.54, 1.807) is 45.6 Å². The monoisotopic (exact) mass is 354 g/mol. The van der Waals surface area contributed by atoms with E-state index in [9.17, 15) is 4.79 Å². The Hall–Kier alpha value is -2.79. The molecule has 0 unspecified atom stereocenters. The molecule has 0 N–H and O–H groups in total. The maximum absolute atomic E-state index is 12.5. The number of methoxy groups -OCH3 is 3. The number of hydrogen-bond donors (Lipinski definition) is 0. The van der Waals surface area contributed by atoms with Crippen molar-refractivity contribution < 1.29 is 19.0 Å². The topological polar surface area (TPSA) is 44.8 Å². The number of allylic oxidation sites excluding steroid dienone is 1. The highest BCUT2D eigenvalue weighted by molar-refractivity contribution is 7.21. The van der Waals surface area contributed by atoms with Crippen LogP contribution in [0, 0.1) is 0 Å². The van der Waals surface area contributed by atoms with E-state index in [1.165, 1.54) is 11.3 Å². The third kappa shape index (κ3) is 3.51. The van der Waals surface area contributed by atoms with Gasteiger partial charge in [0.25, 0.3) is 0 Å². The lowest BCUT2D eigenvalue weighted by Crippen LogP contribution is -1.96. The highest BCUT2D eigenvalue weighted by Crippen LogP contribution is 2.38. The average molecular weight is 354 g/mol. The molecular weight excluding hydrogens is 336 g/mol. The molecule has 2 aromatic carbocycles. The smallest absolute Gasteiger partial charge is 0.203 e. The average Bonchev–Trinajstić information content (AvgIpc) is 3.09. The molecule has 1 aromatic heterocycles. The van der Waals surface area contributed by atoms with Gasteiger partial charge in [-0.25, -0.2) is 0 Å². The molecule has 1 heterocycles. The van der Waals surface area contributed by atoms with E-state index in [2.05, 4.69) is 0 Å². The van der Waals surface area contributed by atoms with Crippen LogP contribution in [0.5, 0.6) is 17.2 Å². The van der Waals surface area contributed by atoms with Crippen LogP contribution >= 0.6 is 11.3 Å². The summed E-state index contributed by atoms with van der Waals surface area (Å²) in [6.45, 7) is 0. The Bertz CT molecular complexity index is 882. The van der Waals surface area contributed by atoms with Gasteiger partial charge in [0, 0.05) is 4.70 Å². The fourth-order valence-electron chi connectivity index (χ4n) is 2.55. The molecule has 0 saturated heterocycles. The van der Waals surface area contributed by atoms with E-state index in [0.29, 0.717) is 22.1 Å². The Morgan fingerprint density at radius 2 is 1.64 bits per heavy atom. The molecule has 3 rings (SSSR count). The zero-order valence-electron chi connectivity index (χ0n) is 14.2. The first kappa shape index (κ1) is 17.0. The third-order valence-electron chi connectivity index (χ3n) is 3.78. The summed E-state index contributed by atoms with van der Waals surface area (Å²) in [6.07, 6.45) is 3.31. The number of ether oxygens (including phenoxy) is 3. The van der Waals surface area contributed by atoms with Gasteiger partial charge >= 0.3 is 0 Å². The van der Waals surface area contributed by atoms with Crippen molar-refractivity contribution in [2.75, 3.05) is 21.3 Å². The van der Waals surface area contributed by atoms with Gasteiger partial charge in [-0.2, -0.15) is 0 Å². The van der Waals surface area contributed by atoms with E-state index < -0.39 is 0 Å². The number of benzene rings is 2. The fourth-order valence-corrected chi connectivity index (χ4v) is 3.54. The Balaban J connectivity index is 1.89. The van der Waals surface area contributed by atoms with E-state index >= 15 is 0 Å². The molecule has 3 aromatic rings. The van der Waals surface area contributed by atoms with Crippen molar-refractivity contribution >= 4 is 33.3 Å². The second-order valence-corrected chi connectivity index (χ2v) is 6.39. The number of thiophene rings is 1. The van der Waals surface area contributed by atoms with Crippen LogP contribution in [0.3, 0.4) is 0 Å². The molecule has 4 nitrogen and oxygen atoms in total. The predicted molar refractivity (Wildman–Crippen MR) is 101 cm³/mol. The van der Waals surface area contributed by atoms with Crippen LogP contribution in [0.15, 0.2) is 48.5 Å². The maximum atomic E-state index is 12.5. The molecule has 0 saturated carbocycles. The first-order valence-electron chi connectivity index (χ1n) is 7.67. The largest absolute Gasteiger partial charge is 0.493 e. The van der Waals surface area contributed by atoms with Gasteiger partial charge in [0.05, 0.1) is 26.2 Å². The number of carbonyl (C=O) groups excluding carboxylic acids is 1. The molecule has 0 fully saturated rings. The first-order valence-corrected chi connectivity index (χ1v) is 8.49. The lowest BCUT2D eigenvalue weighted by molar-refractivity contribution is 0.105. The standard InChI is InChI=1S/C20H18O4S/c1-22-16-10-13(11-17(23-2)20(16)24-3)8-9-15(21)19-12-14-6-4-5-7-18(14)25-19/h4-12H,1-3H3/b9-8+. The molecular formula is C20H18O4S. The van der Waals surface area contributed by atoms with Crippen molar-refractivity contribution in [2.24, 2.45) is 0 Å². The lowest BCUT2D eigenvalue weighted by atomic mass is 10.1. The highest BCUT2D eigenvalue weighted by Gasteiger charge is 2.12. The van der Waals surface area contributed by atoms with Crippen LogP contribution in [-0.2, 0) is 0 Å². The molecule has 0 aliphatic rings. The van der Waals surface area contributed by atoms with Crippen molar-refractivity contribution in [1.82, 2.24) is 0 Å². The van der Waals surface area contributed by atoms with Gasteiger partial charge in [-0.05, 0) is 41.3 Å². The minimum absolute atomic E-state index is 0.0325. The van der Waals surface area contributed by atoms with E-state index in [4.69, 9.17) is 14.2 Å². The minimum Gasteiger partial charge on any atom is -0.493 e. The molecule has 0 aliphatic heterocycles. The summed E-state index contributed by atoms with van der Waals surface area (Å²) in [5.74, 6) is 1.60. The molecule has 0 spiro atoms. The van der Waals surface area contributed by atoms with Crippen molar-refractivity contribution in [1.29, 1.82) is 0 Å². The van der Waals surface area contributed by atoms with Crippen molar-refractivity contribution in [2.45, 2.75) is 0 Å². The Kier molecular flexibility index (Phi) is 5.05. The van der Waals surface area contributed by atoms with Gasteiger partial charge in [0.15, 0.2) is 17.3 Å². The molecule has 128 valence electrons. The molecule has 5 heteroatoms. The summed E-state index contributed by atoms with van der Waals surface area (Å²) in [5, 5.41) is 1.08. The van der Waals surface area contributed by atoms with Gasteiger partial charge < -0.3 is 14.2 Å². The van der Waals surface area contributed by atoms with E-state index in [-0.39, 0.29) is 5.78 Å². The van der Waals surface area contributed by atoms with Crippen LogP contribution in [0.25, 0.3) is 16.2 Å². The molecule has 0 amide bonds. The number of carbonyl (C=O) groups is 1. The van der Waals surface area contributed by atoms with Crippen molar-refractivity contribution in [3.8, 4) is 17.2 Å². The van der Waals surface area contributed by atoms with E-state index in [0.717, 1.165) is 15.6 Å². The minimum atomic E-state index is -0.0325. The maximum Gasteiger partial charge on any atom is 0.203 e. The molecule has 25 heavy (non-hydrogen) atoms. The van der Waals surface area contributed by atoms with Gasteiger partial charge in [-0.1, -0.05) is 24.3 Å². The molecule has 0 aliphatic carbocycles. The molecule has 0 radical (unpaired) electrons. The van der Waals surface area contributed by atoms with Crippen LogP contribution < -0.4 is 14.2 Å². The number of rotatable bonds is 6. The van der Waals surface area contributed by atoms with Crippen molar-refractivity contribution in [3.05, 3.63) is 59.0 Å². The quantitative estimate of drug-likeness (QED) is 0.470. The summed E-state index contributed by atoms with van der Waals surface area (Å²) in [6, 6.07) is 13.5. The first-order chi connectivity index (χ1) is 12.2. The van der Waals surface area contributed by atoms with Gasteiger partial charge in [-0.15, -0.1) is 11.3 Å². The zero-order valence-corrected chi connectivity index (χ0v) is 15.1. The number of fused-ring (bicyclic) bond motifs is 1. The summed E-state index contributed by atoms with van der Waals surface area (Å²) in [4.78, 5) is 13.2. The van der Waals surface area contributed by atoms with Gasteiger partial charge in [-0.3, -0.25) is 4.79 Å². The summed E-state index contributed by atoms with van der Waals surface area (Å²) >= 11 is 1.49. The van der Waals surface area contributed by atoms with Crippen LogP contribution in [0.1, 0.15) is 15.2 Å². The summed E-state index contributed by atoms with van der Waals surface area (Å²) < 4.78 is 17.1. The Morgan fingerprint density at radius 1 is 0.960 bits per heavy atom. The van der Waals surface area contributed by atoms with Crippen molar-refractivity contribution in [3.63, 3.8) is 0 Å². The second kappa shape index (κ2) is 7.40. The van der Waals surface area contributed by atoms with Crippen LogP contribution in [0.4, 0.5) is 0 Å². The Labute approximate surface area is 150 Å². The van der Waals surface area contributed by atoms with Crippen LogP contribution in [0.2, 0.25) is 0 Å². The van der Waals surface area contributed by atoms with Crippen LogP contribution in [-0.4, -0.2) is 27.1 Å². The fraction of sp³-hybridized carbons (Fsp3) is 0.150. The predicted octanol–water partition coefficient (Wildman–Crippen LogP) is 4.82. The highest BCUT2D eigenvalue weighted by atomic mass is 32.1. The van der Waals surface area contributed by atoms with E-state index in [1.807, 2.05) is 30.3 Å². The Morgan fingerprint density at radius 3 is 2.24 bits per heavy atom. The molecule has 0 bridgehead atoms. The SMILES string of the molecule is COc1cc(/C=C/C(=O)c2cc3ccccc3s2)cc(OC)c1OC. The zero-order chi connectivity index (χ0) is 17.8. The number of ketones is 1. The van der Waals surface area contributed by atoms with Gasteiger partial charge in [0.1, 0.15) is 0 Å². The number of hydrogen-bond acceptors (Lipinski definition) is 5. The lowest BCUT2D eigenvalue weighted by Gasteiger charge is -2.12.